The van der Waals surface area contributed by atoms with E-state index in [4.69, 9.17) is 10.5 Å². The largest absolute Gasteiger partial charge is 0.396 e. The van der Waals surface area contributed by atoms with Gasteiger partial charge in [-0.25, -0.2) is 4.39 Å². The number of hydrogen-bond acceptors (Lipinski definition) is 2. The lowest BCUT2D eigenvalue weighted by Gasteiger charge is -2.14. The third kappa shape index (κ3) is 3.70. The van der Waals surface area contributed by atoms with Gasteiger partial charge >= 0.3 is 0 Å². The van der Waals surface area contributed by atoms with Crippen molar-refractivity contribution >= 4 is 5.69 Å². The van der Waals surface area contributed by atoms with Crippen molar-refractivity contribution in [1.29, 1.82) is 0 Å². The van der Waals surface area contributed by atoms with Crippen LogP contribution in [-0.2, 0) is 11.3 Å². The Bertz CT molecular complexity index is 373. The molecule has 1 aliphatic rings. The van der Waals surface area contributed by atoms with Crippen molar-refractivity contribution in [1.82, 2.24) is 0 Å². The predicted octanol–water partition coefficient (Wildman–Crippen LogP) is 3.89. The summed E-state index contributed by atoms with van der Waals surface area (Å²) in [5, 5.41) is 0. The van der Waals surface area contributed by atoms with Crippen molar-refractivity contribution in [3.63, 3.8) is 0 Å². The van der Waals surface area contributed by atoms with Gasteiger partial charge in [0.15, 0.2) is 5.82 Å². The summed E-state index contributed by atoms with van der Waals surface area (Å²) in [7, 11) is 0. The molecule has 0 radical (unpaired) electrons. The van der Waals surface area contributed by atoms with E-state index in [0.717, 1.165) is 6.61 Å². The van der Waals surface area contributed by atoms with Gasteiger partial charge in [0, 0.05) is 12.2 Å². The zero-order valence-electron chi connectivity index (χ0n) is 10.8. The topological polar surface area (TPSA) is 35.2 Å². The number of hydrogen-bond donors (Lipinski definition) is 1. The number of benzene rings is 1. The Balaban J connectivity index is 1.79. The SMILES string of the molecule is Nc1cccc(COCC2CCCCCC2)c1F. The molecule has 0 bridgehead atoms. The molecule has 1 aromatic rings. The third-order valence-corrected chi connectivity index (χ3v) is 3.69. The van der Waals surface area contributed by atoms with E-state index in [0.29, 0.717) is 18.1 Å². The summed E-state index contributed by atoms with van der Waals surface area (Å²) in [4.78, 5) is 0. The number of rotatable bonds is 4. The van der Waals surface area contributed by atoms with Gasteiger partial charge in [-0.2, -0.15) is 0 Å². The molecule has 0 atom stereocenters. The molecule has 2 N–H and O–H groups in total. The second-order valence-corrected chi connectivity index (χ2v) is 5.19. The molecule has 100 valence electrons. The molecule has 0 amide bonds. The highest BCUT2D eigenvalue weighted by Crippen LogP contribution is 2.23. The van der Waals surface area contributed by atoms with Crippen LogP contribution in [0.2, 0.25) is 0 Å². The van der Waals surface area contributed by atoms with Crippen molar-refractivity contribution in [3.8, 4) is 0 Å². The fourth-order valence-corrected chi connectivity index (χ4v) is 2.58. The fraction of sp³-hybridized carbons (Fsp3) is 0.600. The summed E-state index contributed by atoms with van der Waals surface area (Å²) < 4.78 is 19.3. The van der Waals surface area contributed by atoms with Gasteiger partial charge in [0.1, 0.15) is 0 Å². The highest BCUT2D eigenvalue weighted by Gasteiger charge is 2.13. The first-order valence-corrected chi connectivity index (χ1v) is 6.88. The van der Waals surface area contributed by atoms with Gasteiger partial charge < -0.3 is 10.5 Å². The standard InChI is InChI=1S/C15H22FNO/c16-15-13(8-5-9-14(15)17)11-18-10-12-6-3-1-2-4-7-12/h5,8-9,12H,1-4,6-7,10-11,17H2. The molecule has 0 aliphatic heterocycles. The van der Waals surface area contributed by atoms with E-state index >= 15 is 0 Å². The van der Waals surface area contributed by atoms with Gasteiger partial charge in [0.25, 0.3) is 0 Å². The van der Waals surface area contributed by atoms with Crippen molar-refractivity contribution in [2.75, 3.05) is 12.3 Å². The molecular formula is C15H22FNO. The lowest BCUT2D eigenvalue weighted by molar-refractivity contribution is 0.0802. The highest BCUT2D eigenvalue weighted by molar-refractivity contribution is 5.42. The predicted molar refractivity (Wildman–Crippen MR) is 71.7 cm³/mol. The molecule has 1 fully saturated rings. The minimum Gasteiger partial charge on any atom is -0.396 e. The van der Waals surface area contributed by atoms with Crippen LogP contribution in [0.1, 0.15) is 44.1 Å². The first kappa shape index (κ1) is 13.3. The van der Waals surface area contributed by atoms with Crippen LogP contribution >= 0.6 is 0 Å². The second-order valence-electron chi connectivity index (χ2n) is 5.19. The van der Waals surface area contributed by atoms with E-state index in [-0.39, 0.29) is 11.5 Å². The first-order valence-electron chi connectivity index (χ1n) is 6.88. The Hall–Kier alpha value is -1.09. The Morgan fingerprint density at radius 2 is 1.89 bits per heavy atom. The summed E-state index contributed by atoms with van der Waals surface area (Å²) in [5.41, 5.74) is 6.28. The van der Waals surface area contributed by atoms with Crippen LogP contribution in [0.4, 0.5) is 10.1 Å². The van der Waals surface area contributed by atoms with Crippen LogP contribution in [0, 0.1) is 11.7 Å². The normalized spacial score (nSPS) is 17.6. The summed E-state index contributed by atoms with van der Waals surface area (Å²) in [6, 6.07) is 5.08. The number of nitrogens with two attached hydrogens (primary N) is 1. The quantitative estimate of drug-likeness (QED) is 0.650. The lowest BCUT2D eigenvalue weighted by Crippen LogP contribution is -2.09. The molecule has 3 heteroatoms. The van der Waals surface area contributed by atoms with Gasteiger partial charge in [-0.1, -0.05) is 37.8 Å². The zero-order valence-corrected chi connectivity index (χ0v) is 10.8. The monoisotopic (exact) mass is 251 g/mol. The number of nitrogen functional groups attached to an aromatic ring is 1. The maximum absolute atomic E-state index is 13.6. The Morgan fingerprint density at radius 1 is 1.17 bits per heavy atom. The maximum Gasteiger partial charge on any atom is 0.151 e. The molecule has 0 aromatic heterocycles. The molecule has 2 rings (SSSR count). The molecule has 0 unspecified atom stereocenters. The lowest BCUT2D eigenvalue weighted by atomic mass is 10.0. The Morgan fingerprint density at radius 3 is 2.61 bits per heavy atom. The maximum atomic E-state index is 13.6. The van der Waals surface area contributed by atoms with E-state index < -0.39 is 0 Å². The summed E-state index contributed by atoms with van der Waals surface area (Å²) in [6.45, 7) is 1.07. The van der Waals surface area contributed by atoms with E-state index in [2.05, 4.69) is 0 Å². The molecule has 18 heavy (non-hydrogen) atoms. The third-order valence-electron chi connectivity index (χ3n) is 3.69. The Kier molecular flexibility index (Phi) is 5.00. The van der Waals surface area contributed by atoms with E-state index in [1.54, 1.807) is 18.2 Å². The summed E-state index contributed by atoms with van der Waals surface area (Å²) in [5.74, 6) is 0.315. The van der Waals surface area contributed by atoms with Crippen LogP contribution in [0.3, 0.4) is 0 Å². The Labute approximate surface area is 108 Å². The first-order chi connectivity index (χ1) is 8.77. The average Bonchev–Trinajstić information content (AvgIpc) is 2.63. The van der Waals surface area contributed by atoms with Crippen molar-refractivity contribution < 1.29 is 9.13 Å². The highest BCUT2D eigenvalue weighted by atomic mass is 19.1. The summed E-state index contributed by atoms with van der Waals surface area (Å²) in [6.07, 6.45) is 7.81. The average molecular weight is 251 g/mol. The van der Waals surface area contributed by atoms with Gasteiger partial charge in [-0.15, -0.1) is 0 Å². The smallest absolute Gasteiger partial charge is 0.151 e. The molecular weight excluding hydrogens is 229 g/mol. The zero-order chi connectivity index (χ0) is 12.8. The summed E-state index contributed by atoms with van der Waals surface area (Å²) >= 11 is 0. The van der Waals surface area contributed by atoms with Crippen molar-refractivity contribution in [3.05, 3.63) is 29.6 Å². The van der Waals surface area contributed by atoms with Crippen molar-refractivity contribution in [2.24, 2.45) is 5.92 Å². The number of ether oxygens (including phenoxy) is 1. The second kappa shape index (κ2) is 6.74. The van der Waals surface area contributed by atoms with Gasteiger partial charge in [0.05, 0.1) is 12.3 Å². The molecule has 0 heterocycles. The van der Waals surface area contributed by atoms with Gasteiger partial charge in [-0.3, -0.25) is 0 Å². The van der Waals surface area contributed by atoms with Crippen LogP contribution < -0.4 is 5.73 Å². The molecule has 0 spiro atoms. The fourth-order valence-electron chi connectivity index (χ4n) is 2.58. The molecule has 0 saturated heterocycles. The molecule has 2 nitrogen and oxygen atoms in total. The van der Waals surface area contributed by atoms with E-state index in [1.165, 1.54) is 38.5 Å². The minimum absolute atomic E-state index is 0.200. The van der Waals surface area contributed by atoms with Crippen LogP contribution in [0.5, 0.6) is 0 Å². The number of halogens is 1. The molecule has 1 saturated carbocycles. The van der Waals surface area contributed by atoms with Crippen LogP contribution in [0.25, 0.3) is 0 Å². The minimum atomic E-state index is -0.335. The van der Waals surface area contributed by atoms with Crippen LogP contribution in [0.15, 0.2) is 18.2 Å². The molecule has 1 aromatic carbocycles. The number of anilines is 1. The van der Waals surface area contributed by atoms with Gasteiger partial charge in [0.2, 0.25) is 0 Å². The van der Waals surface area contributed by atoms with Crippen molar-refractivity contribution in [2.45, 2.75) is 45.1 Å². The van der Waals surface area contributed by atoms with Gasteiger partial charge in [-0.05, 0) is 24.8 Å². The molecule has 1 aliphatic carbocycles. The van der Waals surface area contributed by atoms with Crippen LogP contribution in [-0.4, -0.2) is 6.61 Å². The van der Waals surface area contributed by atoms with E-state index in [1.807, 2.05) is 0 Å². The van der Waals surface area contributed by atoms with E-state index in [9.17, 15) is 4.39 Å².